The van der Waals surface area contributed by atoms with Gasteiger partial charge in [-0.2, -0.15) is 0 Å². The molecular weight excluding hydrogens is 272 g/mol. The fraction of sp³-hybridized carbons (Fsp3) is 0.467. The third-order valence-corrected chi connectivity index (χ3v) is 4.06. The van der Waals surface area contributed by atoms with Gasteiger partial charge >= 0.3 is 12.0 Å². The molecule has 1 fully saturated rings. The molecule has 1 unspecified atom stereocenters. The smallest absolute Gasteiger partial charge is 0.335 e. The van der Waals surface area contributed by atoms with E-state index in [0.717, 1.165) is 11.1 Å². The van der Waals surface area contributed by atoms with E-state index in [1.807, 2.05) is 11.8 Å². The maximum atomic E-state index is 12.6. The highest BCUT2D eigenvalue weighted by Gasteiger charge is 2.31. The van der Waals surface area contributed by atoms with Crippen molar-refractivity contribution < 1.29 is 19.4 Å². The van der Waals surface area contributed by atoms with Crippen LogP contribution in [0.1, 0.15) is 28.4 Å². The molecule has 2 heterocycles. The van der Waals surface area contributed by atoms with Crippen molar-refractivity contribution in [3.8, 4) is 0 Å². The molecule has 21 heavy (non-hydrogen) atoms. The minimum Gasteiger partial charge on any atom is -0.478 e. The highest BCUT2D eigenvalue weighted by molar-refractivity contribution is 5.88. The molecule has 0 saturated carbocycles. The van der Waals surface area contributed by atoms with Crippen molar-refractivity contribution >= 4 is 12.0 Å². The molecule has 1 saturated heterocycles. The Morgan fingerprint density at radius 1 is 1.29 bits per heavy atom. The summed E-state index contributed by atoms with van der Waals surface area (Å²) in [5.74, 6) is -0.940. The minimum atomic E-state index is -0.940. The lowest BCUT2D eigenvalue weighted by Crippen LogP contribution is -2.51. The molecule has 0 radical (unpaired) electrons. The van der Waals surface area contributed by atoms with Crippen molar-refractivity contribution in [3.63, 3.8) is 0 Å². The fourth-order valence-electron chi connectivity index (χ4n) is 2.86. The average molecular weight is 290 g/mol. The first-order valence-electron chi connectivity index (χ1n) is 7.04. The largest absolute Gasteiger partial charge is 0.478 e. The molecule has 6 nitrogen and oxygen atoms in total. The summed E-state index contributed by atoms with van der Waals surface area (Å²) in [7, 11) is 0. The predicted molar refractivity (Wildman–Crippen MR) is 75.0 cm³/mol. The topological polar surface area (TPSA) is 70.1 Å². The summed E-state index contributed by atoms with van der Waals surface area (Å²) in [6, 6.07) is 5.12. The van der Waals surface area contributed by atoms with Gasteiger partial charge in [-0.1, -0.05) is 6.07 Å². The number of hydrogen-bond acceptors (Lipinski definition) is 3. The van der Waals surface area contributed by atoms with E-state index in [-0.39, 0.29) is 17.6 Å². The zero-order valence-corrected chi connectivity index (χ0v) is 11.9. The summed E-state index contributed by atoms with van der Waals surface area (Å²) in [5, 5.41) is 9.03. The van der Waals surface area contributed by atoms with Crippen molar-refractivity contribution in [1.82, 2.24) is 9.80 Å². The van der Waals surface area contributed by atoms with Gasteiger partial charge < -0.3 is 19.6 Å². The number of carbonyl (C=O) groups is 2. The highest BCUT2D eigenvalue weighted by atomic mass is 16.5. The average Bonchev–Trinajstić information content (AvgIpc) is 2.89. The molecule has 1 aromatic carbocycles. The summed E-state index contributed by atoms with van der Waals surface area (Å²) in [6.45, 7) is 4.73. The van der Waals surface area contributed by atoms with Gasteiger partial charge in [0, 0.05) is 19.6 Å². The maximum Gasteiger partial charge on any atom is 0.335 e. The number of carboxylic acids is 1. The Bertz CT molecular complexity index is 587. The van der Waals surface area contributed by atoms with Gasteiger partial charge in [-0.25, -0.2) is 9.59 Å². The minimum absolute atomic E-state index is 0.00104. The number of ether oxygens (including phenoxy) is 1. The maximum absolute atomic E-state index is 12.6. The van der Waals surface area contributed by atoms with Crippen LogP contribution >= 0.6 is 0 Å². The zero-order chi connectivity index (χ0) is 15.0. The van der Waals surface area contributed by atoms with Crippen LogP contribution in [0.2, 0.25) is 0 Å². The van der Waals surface area contributed by atoms with Crippen LogP contribution in [0.5, 0.6) is 0 Å². The second-order valence-corrected chi connectivity index (χ2v) is 5.54. The Labute approximate surface area is 122 Å². The van der Waals surface area contributed by atoms with Crippen molar-refractivity contribution in [2.75, 3.05) is 19.8 Å². The number of morpholine rings is 1. The van der Waals surface area contributed by atoms with Crippen LogP contribution in [0.25, 0.3) is 0 Å². The van der Waals surface area contributed by atoms with Crippen LogP contribution in [0, 0.1) is 0 Å². The summed E-state index contributed by atoms with van der Waals surface area (Å²) in [5.41, 5.74) is 2.21. The predicted octanol–water partition coefficient (Wildman–Crippen LogP) is 1.54. The number of urea groups is 1. The van der Waals surface area contributed by atoms with E-state index in [1.54, 1.807) is 23.1 Å². The third-order valence-electron chi connectivity index (χ3n) is 4.06. The number of carbonyl (C=O) groups excluding carboxylic acids is 1. The lowest BCUT2D eigenvalue weighted by Gasteiger charge is -2.36. The molecule has 1 atom stereocenters. The molecule has 3 rings (SSSR count). The highest BCUT2D eigenvalue weighted by Crippen LogP contribution is 2.25. The molecule has 1 aromatic rings. The fourth-order valence-corrected chi connectivity index (χ4v) is 2.86. The summed E-state index contributed by atoms with van der Waals surface area (Å²) >= 11 is 0. The number of hydrogen-bond donors (Lipinski definition) is 1. The van der Waals surface area contributed by atoms with E-state index in [1.165, 1.54) is 0 Å². The lowest BCUT2D eigenvalue weighted by atomic mass is 10.1. The quantitative estimate of drug-likeness (QED) is 0.851. The second kappa shape index (κ2) is 5.37. The Kier molecular flexibility index (Phi) is 3.55. The Morgan fingerprint density at radius 2 is 2.05 bits per heavy atom. The molecule has 112 valence electrons. The molecule has 0 spiro atoms. The van der Waals surface area contributed by atoms with Crippen LogP contribution in [0.15, 0.2) is 18.2 Å². The first kappa shape index (κ1) is 13.9. The SMILES string of the molecule is CC1COCCN1C(=O)N1Cc2ccc(C(=O)O)cc2C1. The number of amides is 2. The number of carboxylic acid groups (broad SMARTS) is 1. The molecule has 2 amide bonds. The van der Waals surface area contributed by atoms with E-state index >= 15 is 0 Å². The summed E-state index contributed by atoms with van der Waals surface area (Å²) < 4.78 is 5.35. The van der Waals surface area contributed by atoms with Crippen LogP contribution in [0.4, 0.5) is 4.79 Å². The van der Waals surface area contributed by atoms with Gasteiger partial charge in [0.05, 0.1) is 24.8 Å². The third kappa shape index (κ3) is 2.58. The van der Waals surface area contributed by atoms with Gasteiger partial charge in [0.1, 0.15) is 0 Å². The van der Waals surface area contributed by atoms with Crippen molar-refractivity contribution in [1.29, 1.82) is 0 Å². The molecule has 2 aliphatic heterocycles. The van der Waals surface area contributed by atoms with Gasteiger partial charge in [-0.05, 0) is 30.2 Å². The monoisotopic (exact) mass is 290 g/mol. The van der Waals surface area contributed by atoms with Crippen LogP contribution < -0.4 is 0 Å². The summed E-state index contributed by atoms with van der Waals surface area (Å²) in [4.78, 5) is 27.2. The van der Waals surface area contributed by atoms with Crippen LogP contribution in [0.3, 0.4) is 0 Å². The van der Waals surface area contributed by atoms with E-state index in [2.05, 4.69) is 0 Å². The first-order chi connectivity index (χ1) is 10.1. The molecule has 0 bridgehead atoms. The normalized spacial score (nSPS) is 21.3. The van der Waals surface area contributed by atoms with Crippen molar-refractivity contribution in [2.45, 2.75) is 26.1 Å². The zero-order valence-electron chi connectivity index (χ0n) is 11.9. The lowest BCUT2D eigenvalue weighted by molar-refractivity contribution is 0.00999. The molecule has 1 N–H and O–H groups in total. The van der Waals surface area contributed by atoms with Gasteiger partial charge in [0.25, 0.3) is 0 Å². The Hall–Kier alpha value is -2.08. The number of benzene rings is 1. The van der Waals surface area contributed by atoms with E-state index in [4.69, 9.17) is 9.84 Å². The van der Waals surface area contributed by atoms with Gasteiger partial charge in [0.2, 0.25) is 0 Å². The van der Waals surface area contributed by atoms with E-state index in [9.17, 15) is 9.59 Å². The van der Waals surface area contributed by atoms with Crippen LogP contribution in [-0.4, -0.2) is 52.7 Å². The molecule has 6 heteroatoms. The number of nitrogens with zero attached hydrogens (tertiary/aromatic N) is 2. The Balaban J connectivity index is 1.74. The van der Waals surface area contributed by atoms with Crippen molar-refractivity contribution in [2.24, 2.45) is 0 Å². The molecule has 0 aliphatic carbocycles. The summed E-state index contributed by atoms with van der Waals surface area (Å²) in [6.07, 6.45) is 0. The molecule has 2 aliphatic rings. The number of rotatable bonds is 1. The molecular formula is C15H18N2O4. The number of aromatic carboxylic acids is 1. The van der Waals surface area contributed by atoms with Gasteiger partial charge in [-0.15, -0.1) is 0 Å². The van der Waals surface area contributed by atoms with Crippen molar-refractivity contribution in [3.05, 3.63) is 34.9 Å². The second-order valence-electron chi connectivity index (χ2n) is 5.54. The first-order valence-corrected chi connectivity index (χ1v) is 7.04. The Morgan fingerprint density at radius 3 is 2.76 bits per heavy atom. The molecule has 0 aromatic heterocycles. The standard InChI is InChI=1S/C15H18N2O4/c1-10-9-21-5-4-17(10)15(20)16-7-12-3-2-11(14(18)19)6-13(12)8-16/h2-3,6,10H,4-5,7-9H2,1H3,(H,18,19). The number of fused-ring (bicyclic) bond motifs is 1. The van der Waals surface area contributed by atoms with E-state index in [0.29, 0.717) is 32.8 Å². The van der Waals surface area contributed by atoms with Crippen LogP contribution in [-0.2, 0) is 17.8 Å². The van der Waals surface area contributed by atoms with Gasteiger partial charge in [0.15, 0.2) is 0 Å². The van der Waals surface area contributed by atoms with Gasteiger partial charge in [-0.3, -0.25) is 0 Å². The van der Waals surface area contributed by atoms with E-state index < -0.39 is 5.97 Å².